The molecule has 2 atom stereocenters. The van der Waals surface area contributed by atoms with Gasteiger partial charge in [0.05, 0.1) is 18.0 Å². The summed E-state index contributed by atoms with van der Waals surface area (Å²) in [5.41, 5.74) is -1.66. The number of amides is 1. The monoisotopic (exact) mass is 669 g/mol. The molecule has 0 aliphatic carbocycles. The minimum atomic E-state index is -4.91. The van der Waals surface area contributed by atoms with E-state index in [1.54, 1.807) is 50.2 Å². The predicted molar refractivity (Wildman–Crippen MR) is 167 cm³/mol. The second-order valence-electron chi connectivity index (χ2n) is 12.0. The number of likely N-dealkylation sites (N-methyl/N-ethyl adjacent to an activating group) is 1. The minimum absolute atomic E-state index is 0.0317. The van der Waals surface area contributed by atoms with Gasteiger partial charge < -0.3 is 20.1 Å². The number of carboxylic acid groups (broad SMARTS) is 1. The number of hydrogen-bond acceptors (Lipinski definition) is 5. The Kier molecular flexibility index (Phi) is 9.45. The van der Waals surface area contributed by atoms with Crippen molar-refractivity contribution in [1.82, 2.24) is 14.8 Å². The highest BCUT2D eigenvalue weighted by atomic mass is 19.4. The van der Waals surface area contributed by atoms with Gasteiger partial charge in [-0.3, -0.25) is 19.0 Å². The van der Waals surface area contributed by atoms with Crippen molar-refractivity contribution in [3.63, 3.8) is 0 Å². The summed E-state index contributed by atoms with van der Waals surface area (Å²) in [5, 5.41) is 12.3. The Bertz CT molecular complexity index is 1970. The fourth-order valence-electron chi connectivity index (χ4n) is 5.89. The highest BCUT2D eigenvalue weighted by molar-refractivity contribution is 5.85. The Morgan fingerprint density at radius 2 is 1.73 bits per heavy atom. The largest absolute Gasteiger partial charge is 0.481 e. The molecule has 4 bridgehead atoms. The summed E-state index contributed by atoms with van der Waals surface area (Å²) in [6.07, 6.45) is -5.05. The number of hydrogen-bond donors (Lipinski definition) is 2. The number of nitrogens with zero attached hydrogens (tertiary/aromatic N) is 2. The number of rotatable bonds is 6. The van der Waals surface area contributed by atoms with Crippen LogP contribution in [-0.4, -0.2) is 47.1 Å². The van der Waals surface area contributed by atoms with Crippen molar-refractivity contribution in [2.24, 2.45) is 0 Å². The molecule has 1 aliphatic rings. The third-order valence-electron chi connectivity index (χ3n) is 8.19. The Balaban J connectivity index is 1.82. The molecule has 5 rings (SSSR count). The average molecular weight is 670 g/mol. The van der Waals surface area contributed by atoms with Crippen LogP contribution in [0.15, 0.2) is 65.6 Å². The Morgan fingerprint density at radius 3 is 2.40 bits per heavy atom. The third kappa shape index (κ3) is 6.96. The molecule has 0 radical (unpaired) electrons. The van der Waals surface area contributed by atoms with Gasteiger partial charge in [-0.1, -0.05) is 12.1 Å². The Labute approximate surface area is 272 Å². The predicted octanol–water partition coefficient (Wildman–Crippen LogP) is 6.56. The lowest BCUT2D eigenvalue weighted by molar-refractivity contribution is -0.139. The molecular formula is C35H32F5N3O5. The molecule has 2 N–H and O–H groups in total. The number of pyridine rings is 1. The van der Waals surface area contributed by atoms with Crippen LogP contribution in [-0.2, 0) is 22.2 Å². The van der Waals surface area contributed by atoms with Crippen LogP contribution in [0.25, 0.3) is 11.1 Å². The molecular weight excluding hydrogens is 637 g/mol. The number of alkyl halides is 3. The molecule has 252 valence electrons. The van der Waals surface area contributed by atoms with E-state index < -0.39 is 64.9 Å². The van der Waals surface area contributed by atoms with Crippen LogP contribution >= 0.6 is 0 Å². The lowest BCUT2D eigenvalue weighted by atomic mass is 9.92. The van der Waals surface area contributed by atoms with Gasteiger partial charge in [0.15, 0.2) is 0 Å². The SMILES string of the molecule is Cc1cc2cc(c1F)[C@H](CC(=O)O)NC(=O)[C@H](n1cc(CCN(C)C)c(C(F)(F)F)cc1=O)c1cc(ccc1F)Oc1cccc(C)c1-2. The molecule has 0 saturated carbocycles. The summed E-state index contributed by atoms with van der Waals surface area (Å²) in [6.45, 7) is 3.40. The molecule has 0 fully saturated rings. The summed E-state index contributed by atoms with van der Waals surface area (Å²) in [4.78, 5) is 41.3. The van der Waals surface area contributed by atoms with Crippen molar-refractivity contribution >= 4 is 11.9 Å². The summed E-state index contributed by atoms with van der Waals surface area (Å²) in [5.74, 6) is -4.07. The van der Waals surface area contributed by atoms with Crippen molar-refractivity contribution in [2.75, 3.05) is 20.6 Å². The maximum absolute atomic E-state index is 15.8. The zero-order chi connectivity index (χ0) is 35.1. The van der Waals surface area contributed by atoms with Gasteiger partial charge in [-0.2, -0.15) is 13.2 Å². The average Bonchev–Trinajstić information content (AvgIpc) is 2.99. The summed E-state index contributed by atoms with van der Waals surface area (Å²) < 4.78 is 80.6. The highest BCUT2D eigenvalue weighted by Crippen LogP contribution is 2.40. The number of halogens is 5. The molecule has 1 aromatic heterocycles. The van der Waals surface area contributed by atoms with E-state index in [0.717, 1.165) is 18.3 Å². The molecule has 0 unspecified atom stereocenters. The number of fused-ring (bicyclic) bond motifs is 6. The smallest absolute Gasteiger partial charge is 0.416 e. The third-order valence-corrected chi connectivity index (χ3v) is 8.19. The topological polar surface area (TPSA) is 101 Å². The van der Waals surface area contributed by atoms with Crippen molar-refractivity contribution < 1.29 is 41.4 Å². The number of benzene rings is 3. The van der Waals surface area contributed by atoms with E-state index in [4.69, 9.17) is 4.74 Å². The van der Waals surface area contributed by atoms with Crippen molar-refractivity contribution in [3.8, 4) is 22.6 Å². The van der Waals surface area contributed by atoms with Crippen LogP contribution in [0, 0.1) is 25.5 Å². The maximum Gasteiger partial charge on any atom is 0.416 e. The zero-order valence-corrected chi connectivity index (χ0v) is 26.4. The van der Waals surface area contributed by atoms with Gasteiger partial charge in [0, 0.05) is 35.5 Å². The number of aromatic nitrogens is 1. The molecule has 1 aliphatic heterocycles. The van der Waals surface area contributed by atoms with E-state index in [2.05, 4.69) is 5.32 Å². The normalized spacial score (nSPS) is 16.2. The number of nitrogens with one attached hydrogen (secondary N) is 1. The first-order valence-corrected chi connectivity index (χ1v) is 14.9. The van der Waals surface area contributed by atoms with E-state index in [0.29, 0.717) is 27.3 Å². The van der Waals surface area contributed by atoms with E-state index in [9.17, 15) is 32.7 Å². The number of aryl methyl sites for hydroxylation is 2. The molecule has 48 heavy (non-hydrogen) atoms. The van der Waals surface area contributed by atoms with Crippen molar-refractivity contribution in [2.45, 2.75) is 44.9 Å². The van der Waals surface area contributed by atoms with Gasteiger partial charge in [-0.15, -0.1) is 0 Å². The van der Waals surface area contributed by atoms with Gasteiger partial charge >= 0.3 is 12.1 Å². The van der Waals surface area contributed by atoms with E-state index in [1.807, 2.05) is 0 Å². The van der Waals surface area contributed by atoms with Gasteiger partial charge in [0.25, 0.3) is 5.56 Å². The summed E-state index contributed by atoms with van der Waals surface area (Å²) in [6, 6.07) is 8.32. The summed E-state index contributed by atoms with van der Waals surface area (Å²) in [7, 11) is 3.29. The summed E-state index contributed by atoms with van der Waals surface area (Å²) >= 11 is 0. The van der Waals surface area contributed by atoms with Crippen LogP contribution in [0.1, 0.15) is 51.9 Å². The first kappa shape index (κ1) is 34.3. The number of ether oxygens (including phenoxy) is 1. The highest BCUT2D eigenvalue weighted by Gasteiger charge is 2.37. The van der Waals surface area contributed by atoms with E-state index in [1.165, 1.54) is 19.1 Å². The zero-order valence-electron chi connectivity index (χ0n) is 26.4. The first-order chi connectivity index (χ1) is 22.5. The second-order valence-corrected chi connectivity index (χ2v) is 12.0. The second kappa shape index (κ2) is 13.2. The minimum Gasteiger partial charge on any atom is -0.481 e. The van der Waals surface area contributed by atoms with Crippen LogP contribution in [0.5, 0.6) is 11.5 Å². The quantitative estimate of drug-likeness (QED) is 0.226. The fraction of sp³-hybridized carbons (Fsp3) is 0.286. The van der Waals surface area contributed by atoms with Crippen LogP contribution < -0.4 is 15.6 Å². The number of carboxylic acids is 1. The Hall–Kier alpha value is -5.04. The fourth-order valence-corrected chi connectivity index (χ4v) is 5.89. The molecule has 1 amide bonds. The van der Waals surface area contributed by atoms with Crippen molar-refractivity contribution in [1.29, 1.82) is 0 Å². The van der Waals surface area contributed by atoms with Crippen LogP contribution in [0.3, 0.4) is 0 Å². The van der Waals surface area contributed by atoms with Crippen molar-refractivity contribution in [3.05, 3.63) is 116 Å². The molecule has 0 spiro atoms. The number of aliphatic carboxylic acids is 1. The molecule has 2 heterocycles. The number of carbonyl (C=O) groups excluding carboxylic acids is 1. The van der Waals surface area contributed by atoms with Gasteiger partial charge in [-0.05, 0) is 93.0 Å². The lowest BCUT2D eigenvalue weighted by Crippen LogP contribution is -2.41. The lowest BCUT2D eigenvalue weighted by Gasteiger charge is -2.26. The number of carbonyl (C=O) groups is 2. The van der Waals surface area contributed by atoms with Gasteiger partial charge in [-0.25, -0.2) is 8.78 Å². The molecule has 13 heteroatoms. The molecule has 3 aromatic carbocycles. The van der Waals surface area contributed by atoms with Gasteiger partial charge in [0.1, 0.15) is 29.2 Å². The first-order valence-electron chi connectivity index (χ1n) is 14.9. The van der Waals surface area contributed by atoms with Crippen LogP contribution in [0.4, 0.5) is 22.0 Å². The Morgan fingerprint density at radius 1 is 1.00 bits per heavy atom. The maximum atomic E-state index is 15.8. The van der Waals surface area contributed by atoms with E-state index in [-0.39, 0.29) is 41.2 Å². The molecule has 8 nitrogen and oxygen atoms in total. The standard InChI is InChI=1S/C35H32F5N3O5/c1-18-6-5-7-28-31(18)21-12-19(2)32(37)24(13-21)27(16-30(45)46)41-34(47)33(23-14-22(48-28)8-9-26(23)36)43-17-20(10-11-42(3)4)25(15-29(43)44)35(38,39)40/h5-9,12-15,17,27,33H,10-11,16H2,1-4H3,(H,41,47)(H,45,46)/t27-,33+/m0/s1. The van der Waals surface area contributed by atoms with Crippen LogP contribution in [0.2, 0.25) is 0 Å². The molecule has 0 saturated heterocycles. The van der Waals surface area contributed by atoms with E-state index >= 15 is 8.78 Å². The van der Waals surface area contributed by atoms with Gasteiger partial charge in [0.2, 0.25) is 5.91 Å². The molecule has 4 aromatic rings.